The summed E-state index contributed by atoms with van der Waals surface area (Å²) in [6.07, 6.45) is 6.60. The molecule has 1 aromatic carbocycles. The van der Waals surface area contributed by atoms with Crippen molar-refractivity contribution in [2.24, 2.45) is 5.41 Å². The average Bonchev–Trinajstić information content (AvgIpc) is 2.80. The van der Waals surface area contributed by atoms with Gasteiger partial charge in [-0.1, -0.05) is 20.8 Å². The zero-order valence-electron chi connectivity index (χ0n) is 20.3. The third-order valence-electron chi connectivity index (χ3n) is 6.57. The third kappa shape index (κ3) is 4.75. The van der Waals surface area contributed by atoms with Crippen molar-refractivity contribution in [2.45, 2.75) is 52.5 Å². The van der Waals surface area contributed by atoms with Crippen LogP contribution in [0.2, 0.25) is 0 Å². The molecular formula is C27H33NO6. The Bertz CT molecular complexity index is 1170. The van der Waals surface area contributed by atoms with Gasteiger partial charge in [-0.15, -0.1) is 0 Å². The van der Waals surface area contributed by atoms with Gasteiger partial charge in [-0.3, -0.25) is 4.79 Å². The highest BCUT2D eigenvalue weighted by molar-refractivity contribution is 5.88. The molecule has 0 spiro atoms. The van der Waals surface area contributed by atoms with Crippen LogP contribution in [0.15, 0.2) is 35.5 Å². The fourth-order valence-corrected chi connectivity index (χ4v) is 4.76. The molecule has 1 atom stereocenters. The Kier molecular flexibility index (Phi) is 6.84. The van der Waals surface area contributed by atoms with Crippen molar-refractivity contribution in [1.29, 1.82) is 0 Å². The molecule has 2 aromatic rings. The summed E-state index contributed by atoms with van der Waals surface area (Å²) >= 11 is 0. The topological polar surface area (TPSA) is 87.0 Å². The van der Waals surface area contributed by atoms with Gasteiger partial charge in [-0.2, -0.15) is 0 Å². The number of hydrogen-bond donors (Lipinski definition) is 1. The standard InChI is InChI=1S/C27H33NO6/c1-27(2,3)25-12-18-11-24(34-10-6-8-32-4)20(17-7-5-9-33-16-17)13-19(18)22-14-23(29)21(26(30)31)15-28(22)25/h11,13-16,25H,5-10,12H2,1-4H3,(H,30,31)/t25-/m0/s1. The lowest BCUT2D eigenvalue weighted by Gasteiger charge is -2.39. The Morgan fingerprint density at radius 1 is 1.21 bits per heavy atom. The predicted molar refractivity (Wildman–Crippen MR) is 130 cm³/mol. The molecule has 0 fully saturated rings. The largest absolute Gasteiger partial charge is 0.501 e. The van der Waals surface area contributed by atoms with E-state index in [1.807, 2.05) is 4.57 Å². The molecule has 2 aliphatic rings. The quantitative estimate of drug-likeness (QED) is 0.582. The minimum absolute atomic E-state index is 0.0156. The van der Waals surface area contributed by atoms with Crippen molar-refractivity contribution >= 4 is 11.5 Å². The van der Waals surface area contributed by atoms with E-state index < -0.39 is 11.4 Å². The molecular weight excluding hydrogens is 434 g/mol. The first-order valence-electron chi connectivity index (χ1n) is 11.8. The number of aromatic nitrogens is 1. The number of carbonyl (C=O) groups is 1. The number of ether oxygens (including phenoxy) is 3. The van der Waals surface area contributed by atoms with E-state index in [0.717, 1.165) is 53.0 Å². The fourth-order valence-electron chi connectivity index (χ4n) is 4.76. The molecule has 4 rings (SSSR count). The van der Waals surface area contributed by atoms with Gasteiger partial charge < -0.3 is 23.9 Å². The summed E-state index contributed by atoms with van der Waals surface area (Å²) in [6.45, 7) is 8.25. The Balaban J connectivity index is 1.89. The van der Waals surface area contributed by atoms with E-state index in [1.165, 1.54) is 12.3 Å². The highest BCUT2D eigenvalue weighted by Gasteiger charge is 2.34. The Hall–Kier alpha value is -3.06. The molecule has 0 saturated heterocycles. The van der Waals surface area contributed by atoms with Crippen LogP contribution in [0.5, 0.6) is 5.75 Å². The van der Waals surface area contributed by atoms with Gasteiger partial charge in [0, 0.05) is 49.6 Å². The van der Waals surface area contributed by atoms with E-state index in [1.54, 1.807) is 13.4 Å². The van der Waals surface area contributed by atoms with E-state index in [-0.39, 0.29) is 17.0 Å². The molecule has 1 N–H and O–H groups in total. The molecule has 0 bridgehead atoms. The van der Waals surface area contributed by atoms with Gasteiger partial charge in [0.2, 0.25) is 0 Å². The first-order chi connectivity index (χ1) is 16.2. The van der Waals surface area contributed by atoms with Crippen LogP contribution in [0.4, 0.5) is 0 Å². The number of allylic oxidation sites excluding steroid dienone is 1. The number of rotatable bonds is 7. The van der Waals surface area contributed by atoms with Crippen LogP contribution in [0.25, 0.3) is 16.8 Å². The number of carboxylic acid groups (broad SMARTS) is 1. The molecule has 0 saturated carbocycles. The maximum absolute atomic E-state index is 12.7. The second-order valence-electron chi connectivity index (χ2n) is 10.1. The maximum atomic E-state index is 12.7. The Labute approximate surface area is 200 Å². The van der Waals surface area contributed by atoms with E-state index in [9.17, 15) is 14.7 Å². The zero-order chi connectivity index (χ0) is 24.5. The summed E-state index contributed by atoms with van der Waals surface area (Å²) in [7, 11) is 1.68. The highest BCUT2D eigenvalue weighted by atomic mass is 16.5. The van der Waals surface area contributed by atoms with Gasteiger partial charge in [0.15, 0.2) is 5.43 Å². The van der Waals surface area contributed by atoms with Crippen molar-refractivity contribution < 1.29 is 24.1 Å². The van der Waals surface area contributed by atoms with Gasteiger partial charge >= 0.3 is 5.97 Å². The lowest BCUT2D eigenvalue weighted by molar-refractivity contribution is 0.0693. The second kappa shape index (κ2) is 9.66. The van der Waals surface area contributed by atoms with Crippen molar-refractivity contribution in [2.75, 3.05) is 26.9 Å². The van der Waals surface area contributed by atoms with Gasteiger partial charge in [0.1, 0.15) is 11.3 Å². The lowest BCUT2D eigenvalue weighted by atomic mass is 9.78. The van der Waals surface area contributed by atoms with Crippen LogP contribution in [0, 0.1) is 5.41 Å². The van der Waals surface area contributed by atoms with Gasteiger partial charge in [0.25, 0.3) is 0 Å². The number of hydrogen-bond acceptors (Lipinski definition) is 5. The number of nitrogens with zero attached hydrogens (tertiary/aromatic N) is 1. The van der Waals surface area contributed by atoms with Crippen molar-refractivity contribution in [3.8, 4) is 17.0 Å². The summed E-state index contributed by atoms with van der Waals surface area (Å²) < 4.78 is 19.0. The number of pyridine rings is 1. The SMILES string of the molecule is COCCCOc1cc2c(cc1C1=COCCC1)-c1cc(=O)c(C(=O)O)cn1[C@H](C(C)(C)C)C2. The number of fused-ring (bicyclic) bond motifs is 3. The molecule has 0 radical (unpaired) electrons. The van der Waals surface area contributed by atoms with Gasteiger partial charge in [-0.25, -0.2) is 4.79 Å². The normalized spacial score (nSPS) is 17.3. The highest BCUT2D eigenvalue weighted by Crippen LogP contribution is 2.45. The first kappa shape index (κ1) is 24.1. The van der Waals surface area contributed by atoms with Crippen LogP contribution in [0.3, 0.4) is 0 Å². The Morgan fingerprint density at radius 3 is 2.65 bits per heavy atom. The summed E-state index contributed by atoms with van der Waals surface area (Å²) in [5.41, 5.74) is 3.92. The first-order valence-corrected chi connectivity index (χ1v) is 11.8. The van der Waals surface area contributed by atoms with E-state index in [2.05, 4.69) is 32.9 Å². The van der Waals surface area contributed by atoms with E-state index >= 15 is 0 Å². The summed E-state index contributed by atoms with van der Waals surface area (Å²) in [5.74, 6) is -0.402. The molecule has 7 nitrogen and oxygen atoms in total. The Morgan fingerprint density at radius 2 is 2.00 bits per heavy atom. The molecule has 3 heterocycles. The molecule has 2 aliphatic heterocycles. The summed E-state index contributed by atoms with van der Waals surface area (Å²) in [6, 6.07) is 5.61. The zero-order valence-corrected chi connectivity index (χ0v) is 20.3. The van der Waals surface area contributed by atoms with Crippen molar-refractivity contribution in [3.63, 3.8) is 0 Å². The molecule has 0 amide bonds. The molecule has 7 heteroatoms. The van der Waals surface area contributed by atoms with Crippen LogP contribution in [0.1, 0.15) is 67.6 Å². The fraction of sp³-hybridized carbons (Fsp3) is 0.481. The summed E-state index contributed by atoms with van der Waals surface area (Å²) in [5, 5.41) is 9.56. The van der Waals surface area contributed by atoms with E-state index in [0.29, 0.717) is 26.2 Å². The average molecular weight is 468 g/mol. The molecule has 1 aromatic heterocycles. The lowest BCUT2D eigenvalue weighted by Crippen LogP contribution is -2.33. The minimum atomic E-state index is -1.20. The van der Waals surface area contributed by atoms with Crippen LogP contribution >= 0.6 is 0 Å². The van der Waals surface area contributed by atoms with Crippen LogP contribution in [-0.4, -0.2) is 42.6 Å². The molecule has 0 aliphatic carbocycles. The van der Waals surface area contributed by atoms with Gasteiger partial charge in [0.05, 0.1) is 25.2 Å². The second-order valence-corrected chi connectivity index (χ2v) is 10.1. The monoisotopic (exact) mass is 467 g/mol. The number of methoxy groups -OCH3 is 1. The minimum Gasteiger partial charge on any atom is -0.501 e. The van der Waals surface area contributed by atoms with Gasteiger partial charge in [-0.05, 0) is 47.9 Å². The van der Waals surface area contributed by atoms with Crippen LogP contribution in [-0.2, 0) is 15.9 Å². The van der Waals surface area contributed by atoms with Crippen molar-refractivity contribution in [3.05, 3.63) is 57.6 Å². The molecule has 34 heavy (non-hydrogen) atoms. The molecule has 0 unspecified atom stereocenters. The maximum Gasteiger partial charge on any atom is 0.341 e. The third-order valence-corrected chi connectivity index (χ3v) is 6.57. The van der Waals surface area contributed by atoms with E-state index in [4.69, 9.17) is 14.2 Å². The predicted octanol–water partition coefficient (Wildman–Crippen LogP) is 4.92. The number of carboxylic acids is 1. The molecule has 182 valence electrons. The summed E-state index contributed by atoms with van der Waals surface area (Å²) in [4.78, 5) is 24.4. The van der Waals surface area contributed by atoms with Crippen LogP contribution < -0.4 is 10.2 Å². The van der Waals surface area contributed by atoms with Crippen molar-refractivity contribution in [1.82, 2.24) is 4.57 Å². The smallest absolute Gasteiger partial charge is 0.341 e. The number of aromatic carboxylic acids is 1. The number of benzene rings is 1.